The van der Waals surface area contributed by atoms with E-state index in [1.165, 1.54) is 11.2 Å². The smallest absolute Gasteiger partial charge is 0.422 e. The minimum Gasteiger partial charge on any atom is -0.440 e. The van der Waals surface area contributed by atoms with E-state index in [1.807, 2.05) is 19.3 Å². The van der Waals surface area contributed by atoms with E-state index < -0.39 is 18.9 Å². The number of halogens is 3. The lowest BCUT2D eigenvalue weighted by molar-refractivity contribution is -0.162. The summed E-state index contributed by atoms with van der Waals surface area (Å²) in [6.07, 6.45) is -0.305. The Morgan fingerprint density at radius 1 is 1.33 bits per heavy atom. The van der Waals surface area contributed by atoms with Gasteiger partial charge in [-0.3, -0.25) is 0 Å². The summed E-state index contributed by atoms with van der Waals surface area (Å²) in [5.74, 6) is 1.38. The maximum Gasteiger partial charge on any atom is 0.422 e. The largest absolute Gasteiger partial charge is 0.440 e. The van der Waals surface area contributed by atoms with Gasteiger partial charge in [0.05, 0.1) is 5.39 Å². The van der Waals surface area contributed by atoms with Gasteiger partial charge in [-0.05, 0) is 30.7 Å². The molecule has 2 aromatic rings. The van der Waals surface area contributed by atoms with Gasteiger partial charge < -0.3 is 19.5 Å². The molecule has 0 unspecified atom stereocenters. The van der Waals surface area contributed by atoms with Gasteiger partial charge in [0.25, 0.3) is 0 Å². The van der Waals surface area contributed by atoms with E-state index in [-0.39, 0.29) is 17.9 Å². The second kappa shape index (κ2) is 6.58. The van der Waals surface area contributed by atoms with E-state index in [0.29, 0.717) is 13.1 Å². The van der Waals surface area contributed by atoms with Gasteiger partial charge in [0, 0.05) is 32.4 Å². The highest BCUT2D eigenvalue weighted by Crippen LogP contribution is 2.41. The first-order chi connectivity index (χ1) is 12.8. The zero-order valence-electron chi connectivity index (χ0n) is 14.7. The molecule has 3 heterocycles. The van der Waals surface area contributed by atoms with Crippen molar-refractivity contribution in [2.75, 3.05) is 31.6 Å². The van der Waals surface area contributed by atoms with Crippen LogP contribution in [0.5, 0.6) is 0 Å². The Hall–Kier alpha value is -2.52. The molecule has 1 N–H and O–H groups in total. The first kappa shape index (κ1) is 17.9. The highest BCUT2D eigenvalue weighted by Gasteiger charge is 2.44. The van der Waals surface area contributed by atoms with Crippen LogP contribution in [-0.2, 0) is 4.74 Å². The summed E-state index contributed by atoms with van der Waals surface area (Å²) in [5.41, 5.74) is 0.781. The van der Waals surface area contributed by atoms with E-state index in [2.05, 4.69) is 24.6 Å². The lowest BCUT2D eigenvalue weighted by Crippen LogP contribution is -2.36. The highest BCUT2D eigenvalue weighted by molar-refractivity contribution is 5.87. The number of carbonyl (C=O) groups is 1. The van der Waals surface area contributed by atoms with Crippen LogP contribution in [0.3, 0.4) is 0 Å². The van der Waals surface area contributed by atoms with Gasteiger partial charge in [-0.1, -0.05) is 0 Å². The number of nitrogens with one attached hydrogen (secondary N) is 1. The maximum absolute atomic E-state index is 12.2. The van der Waals surface area contributed by atoms with Crippen molar-refractivity contribution in [3.8, 4) is 0 Å². The fraction of sp³-hybridized carbons (Fsp3) is 0.588. The summed E-state index contributed by atoms with van der Waals surface area (Å²) in [5, 5.41) is 0.953. The first-order valence-electron chi connectivity index (χ1n) is 8.81. The summed E-state index contributed by atoms with van der Waals surface area (Å²) in [7, 11) is 2.00. The molecule has 0 aromatic carbocycles. The van der Waals surface area contributed by atoms with Crippen molar-refractivity contribution in [1.82, 2.24) is 19.9 Å². The number of amides is 1. The number of ether oxygens (including phenoxy) is 1. The van der Waals surface area contributed by atoms with Crippen LogP contribution in [0.4, 0.5) is 23.8 Å². The van der Waals surface area contributed by atoms with Crippen LogP contribution >= 0.6 is 0 Å². The average Bonchev–Trinajstić information content (AvgIpc) is 3.31. The molecule has 0 bridgehead atoms. The van der Waals surface area contributed by atoms with Gasteiger partial charge >= 0.3 is 12.3 Å². The lowest BCUT2D eigenvalue weighted by Gasteiger charge is -2.27. The number of hydrogen-bond donors (Lipinski definition) is 1. The fourth-order valence-corrected chi connectivity index (χ4v) is 4.28. The molecule has 0 radical (unpaired) electrons. The van der Waals surface area contributed by atoms with E-state index >= 15 is 0 Å². The van der Waals surface area contributed by atoms with Crippen LogP contribution in [0.1, 0.15) is 12.8 Å². The molecule has 2 aromatic heterocycles. The molecule has 27 heavy (non-hydrogen) atoms. The molecule has 1 amide bonds. The van der Waals surface area contributed by atoms with Gasteiger partial charge in [0.2, 0.25) is 0 Å². The molecule has 1 aliphatic carbocycles. The molecule has 2 fully saturated rings. The van der Waals surface area contributed by atoms with E-state index in [0.717, 1.165) is 29.7 Å². The normalized spacial score (nSPS) is 25.0. The lowest BCUT2D eigenvalue weighted by atomic mass is 10.0. The first-order valence-corrected chi connectivity index (χ1v) is 8.81. The van der Waals surface area contributed by atoms with E-state index in [9.17, 15) is 18.0 Å². The highest BCUT2D eigenvalue weighted by atomic mass is 19.4. The molecule has 2 aliphatic rings. The number of anilines is 1. The molecule has 3 atom stereocenters. The van der Waals surface area contributed by atoms with Crippen LogP contribution in [0, 0.1) is 11.8 Å². The molecule has 1 saturated carbocycles. The summed E-state index contributed by atoms with van der Waals surface area (Å²) in [4.78, 5) is 27.1. The molecule has 7 nitrogen and oxygen atoms in total. The zero-order valence-corrected chi connectivity index (χ0v) is 14.7. The molecular weight excluding hydrogens is 363 g/mol. The van der Waals surface area contributed by atoms with Crippen LogP contribution in [0.25, 0.3) is 11.0 Å². The Balaban J connectivity index is 1.37. The quantitative estimate of drug-likeness (QED) is 0.882. The second-order valence-electron chi connectivity index (χ2n) is 7.27. The summed E-state index contributed by atoms with van der Waals surface area (Å²) < 4.78 is 41.0. The number of hydrogen-bond acceptors (Lipinski definition) is 5. The summed E-state index contributed by atoms with van der Waals surface area (Å²) >= 11 is 0. The number of H-pyrrole nitrogens is 1. The number of aromatic nitrogens is 3. The van der Waals surface area contributed by atoms with Crippen molar-refractivity contribution >= 4 is 22.9 Å². The zero-order chi connectivity index (χ0) is 19.2. The number of nitrogens with zero attached hydrogens (tertiary/aromatic N) is 4. The van der Waals surface area contributed by atoms with Crippen LogP contribution in [-0.4, -0.2) is 64.9 Å². The van der Waals surface area contributed by atoms with E-state index in [4.69, 9.17) is 0 Å². The van der Waals surface area contributed by atoms with Crippen molar-refractivity contribution < 1.29 is 22.7 Å². The Kier molecular flexibility index (Phi) is 4.35. The van der Waals surface area contributed by atoms with Gasteiger partial charge in [0.1, 0.15) is 17.8 Å². The molecule has 4 rings (SSSR count). The Morgan fingerprint density at radius 2 is 2.04 bits per heavy atom. The van der Waals surface area contributed by atoms with Gasteiger partial charge in [-0.25, -0.2) is 14.8 Å². The minimum atomic E-state index is -4.50. The monoisotopic (exact) mass is 383 g/mol. The van der Waals surface area contributed by atoms with Crippen molar-refractivity contribution in [3.05, 3.63) is 18.6 Å². The number of rotatable bonds is 3. The number of fused-ring (bicyclic) bond motifs is 2. The standard InChI is InChI=1S/C17H20F3N5O2/c1-24(15-13-2-3-21-14(13)22-9-23-15)12-4-10-6-25(7-11(10)5-12)16(26)27-8-17(18,19)20/h2-3,9-12H,4-8H2,1H3,(H,21,22,23)/t10-,11+,12-. The van der Waals surface area contributed by atoms with E-state index in [1.54, 1.807) is 0 Å². The fourth-order valence-electron chi connectivity index (χ4n) is 4.28. The minimum absolute atomic E-state index is 0.263. The third-order valence-electron chi connectivity index (χ3n) is 5.56. The second-order valence-corrected chi connectivity index (χ2v) is 7.27. The number of likely N-dealkylation sites (tertiary alicyclic amines) is 1. The van der Waals surface area contributed by atoms with Crippen LogP contribution in [0.15, 0.2) is 18.6 Å². The molecule has 0 spiro atoms. The predicted molar refractivity (Wildman–Crippen MR) is 91.3 cm³/mol. The molecule has 10 heteroatoms. The van der Waals surface area contributed by atoms with Gasteiger partial charge in [-0.2, -0.15) is 13.2 Å². The number of carbonyl (C=O) groups excluding carboxylic acids is 1. The van der Waals surface area contributed by atoms with Crippen LogP contribution < -0.4 is 4.90 Å². The summed E-state index contributed by atoms with van der Waals surface area (Å²) in [6, 6.07) is 2.20. The average molecular weight is 383 g/mol. The number of alkyl halides is 3. The topological polar surface area (TPSA) is 74.4 Å². The molecule has 1 saturated heterocycles. The van der Waals surface area contributed by atoms with Gasteiger partial charge in [-0.15, -0.1) is 0 Å². The van der Waals surface area contributed by atoms with Crippen molar-refractivity contribution in [2.24, 2.45) is 11.8 Å². The predicted octanol–water partition coefficient (Wildman–Crippen LogP) is 2.80. The summed E-state index contributed by atoms with van der Waals surface area (Å²) in [6.45, 7) is -0.659. The Bertz CT molecular complexity index is 825. The molecule has 1 aliphatic heterocycles. The molecule has 146 valence electrons. The third-order valence-corrected chi connectivity index (χ3v) is 5.56. The number of aromatic amines is 1. The molecular formula is C17H20F3N5O2. The Labute approximate surface area is 153 Å². The maximum atomic E-state index is 12.2. The van der Waals surface area contributed by atoms with Crippen molar-refractivity contribution in [1.29, 1.82) is 0 Å². The van der Waals surface area contributed by atoms with Crippen molar-refractivity contribution in [2.45, 2.75) is 25.1 Å². The Morgan fingerprint density at radius 3 is 2.70 bits per heavy atom. The van der Waals surface area contributed by atoms with Gasteiger partial charge in [0.15, 0.2) is 6.61 Å². The van der Waals surface area contributed by atoms with Crippen molar-refractivity contribution in [3.63, 3.8) is 0 Å². The third kappa shape index (κ3) is 3.52. The SMILES string of the molecule is CN(c1ncnc2[nH]ccc12)[C@@H]1C[C@@H]2CN(C(=O)OCC(F)(F)F)C[C@@H]2C1. The van der Waals surface area contributed by atoms with Crippen LogP contribution in [0.2, 0.25) is 0 Å².